The highest BCUT2D eigenvalue weighted by atomic mass is 16.5. The number of rotatable bonds is 7. The number of ether oxygens (including phenoxy) is 2. The van der Waals surface area contributed by atoms with Crippen molar-refractivity contribution >= 4 is 16.9 Å². The number of amides is 1. The zero-order valence-electron chi connectivity index (χ0n) is 16.9. The summed E-state index contributed by atoms with van der Waals surface area (Å²) in [4.78, 5) is 21.1. The van der Waals surface area contributed by atoms with E-state index in [9.17, 15) is 4.79 Å². The molecule has 3 aromatic rings. The lowest BCUT2D eigenvalue weighted by molar-refractivity contribution is -0.00633. The molecule has 1 aliphatic rings. The van der Waals surface area contributed by atoms with Crippen molar-refractivity contribution in [3.8, 4) is 5.69 Å². The van der Waals surface area contributed by atoms with Crippen LogP contribution >= 0.6 is 0 Å². The fourth-order valence-electron chi connectivity index (χ4n) is 4.30. The lowest BCUT2D eigenvalue weighted by atomic mass is 9.92. The standard InChI is InChI=1S/C21H27N5O3/c1-14-24-19-12-16(25-8-7-23-13-25)11-18(21(22)27)20(19)26(14)15-3-5-17(6-4-15)29-10-9-28-2/h7-8,11-13,15,17H,3-6,9-10H2,1-2H3,(H2,22,27). The van der Waals surface area contributed by atoms with Gasteiger partial charge in [0, 0.05) is 31.2 Å². The van der Waals surface area contributed by atoms with Crippen LogP contribution < -0.4 is 5.73 Å². The third-order valence-corrected chi connectivity index (χ3v) is 5.66. The van der Waals surface area contributed by atoms with Crippen molar-refractivity contribution in [2.45, 2.75) is 44.8 Å². The molecular formula is C21H27N5O3. The maximum absolute atomic E-state index is 12.3. The molecule has 0 radical (unpaired) electrons. The predicted octanol–water partition coefficient (Wildman–Crippen LogP) is 2.78. The van der Waals surface area contributed by atoms with Crippen LogP contribution in [0.4, 0.5) is 0 Å². The van der Waals surface area contributed by atoms with E-state index in [1.807, 2.05) is 29.8 Å². The first-order valence-corrected chi connectivity index (χ1v) is 9.99. The third-order valence-electron chi connectivity index (χ3n) is 5.66. The van der Waals surface area contributed by atoms with Crippen molar-refractivity contribution < 1.29 is 14.3 Å². The first-order chi connectivity index (χ1) is 14.1. The van der Waals surface area contributed by atoms with E-state index in [1.165, 1.54) is 0 Å². The van der Waals surface area contributed by atoms with Gasteiger partial charge < -0.3 is 24.3 Å². The van der Waals surface area contributed by atoms with E-state index in [0.29, 0.717) is 18.8 Å². The number of aryl methyl sites for hydroxylation is 1. The molecule has 0 saturated heterocycles. The third kappa shape index (κ3) is 3.90. The quantitative estimate of drug-likeness (QED) is 0.618. The Hall–Kier alpha value is -2.71. The predicted molar refractivity (Wildman–Crippen MR) is 109 cm³/mol. The van der Waals surface area contributed by atoms with Crippen molar-refractivity contribution in [3.05, 3.63) is 42.2 Å². The van der Waals surface area contributed by atoms with Gasteiger partial charge in [0.05, 0.1) is 42.2 Å². The van der Waals surface area contributed by atoms with Crippen molar-refractivity contribution in [1.82, 2.24) is 19.1 Å². The smallest absolute Gasteiger partial charge is 0.250 e. The lowest BCUT2D eigenvalue weighted by Crippen LogP contribution is -2.26. The van der Waals surface area contributed by atoms with Crippen LogP contribution in [0.2, 0.25) is 0 Å². The first-order valence-electron chi connectivity index (χ1n) is 9.99. The van der Waals surface area contributed by atoms with Crippen molar-refractivity contribution in [1.29, 1.82) is 0 Å². The minimum Gasteiger partial charge on any atom is -0.382 e. The molecule has 0 aliphatic heterocycles. The number of imidazole rings is 2. The number of nitrogens with two attached hydrogens (primary N) is 1. The van der Waals surface area contributed by atoms with Crippen molar-refractivity contribution in [2.24, 2.45) is 5.73 Å². The molecular weight excluding hydrogens is 370 g/mol. The molecule has 2 N–H and O–H groups in total. The van der Waals surface area contributed by atoms with Gasteiger partial charge in [-0.15, -0.1) is 0 Å². The molecule has 8 heteroatoms. The molecule has 0 bridgehead atoms. The van der Waals surface area contributed by atoms with Crippen LogP contribution in [-0.2, 0) is 9.47 Å². The second-order valence-corrected chi connectivity index (χ2v) is 7.52. The molecule has 0 unspecified atom stereocenters. The topological polar surface area (TPSA) is 97.2 Å². The van der Waals surface area contributed by atoms with Crippen molar-refractivity contribution in [3.63, 3.8) is 0 Å². The fraction of sp³-hybridized carbons (Fsp3) is 0.476. The number of aromatic nitrogens is 4. The summed E-state index contributed by atoms with van der Waals surface area (Å²) in [6.45, 7) is 3.23. The Labute approximate surface area is 169 Å². The van der Waals surface area contributed by atoms with Crippen LogP contribution in [0.25, 0.3) is 16.7 Å². The van der Waals surface area contributed by atoms with Crippen LogP contribution in [0.5, 0.6) is 0 Å². The molecule has 1 aromatic carbocycles. The van der Waals surface area contributed by atoms with Crippen LogP contribution in [0, 0.1) is 6.92 Å². The highest BCUT2D eigenvalue weighted by Gasteiger charge is 2.27. The van der Waals surface area contributed by atoms with Gasteiger partial charge in [0.25, 0.3) is 5.91 Å². The van der Waals surface area contributed by atoms with Gasteiger partial charge in [-0.2, -0.15) is 0 Å². The van der Waals surface area contributed by atoms with Gasteiger partial charge in [0.2, 0.25) is 0 Å². The van der Waals surface area contributed by atoms with Gasteiger partial charge >= 0.3 is 0 Å². The molecule has 2 heterocycles. The van der Waals surface area contributed by atoms with Gasteiger partial charge in [0.1, 0.15) is 5.82 Å². The highest BCUT2D eigenvalue weighted by molar-refractivity contribution is 6.05. The van der Waals surface area contributed by atoms with E-state index < -0.39 is 5.91 Å². The van der Waals surface area contributed by atoms with Crippen LogP contribution in [0.1, 0.15) is 47.9 Å². The lowest BCUT2D eigenvalue weighted by Gasteiger charge is -2.30. The number of fused-ring (bicyclic) bond motifs is 1. The molecule has 1 aliphatic carbocycles. The normalized spacial score (nSPS) is 19.7. The largest absolute Gasteiger partial charge is 0.382 e. The van der Waals surface area contributed by atoms with Gasteiger partial charge in [-0.25, -0.2) is 9.97 Å². The van der Waals surface area contributed by atoms with E-state index in [1.54, 1.807) is 19.6 Å². The number of hydrogen-bond donors (Lipinski definition) is 1. The highest BCUT2D eigenvalue weighted by Crippen LogP contribution is 2.35. The summed E-state index contributed by atoms with van der Waals surface area (Å²) in [5, 5.41) is 0. The van der Waals surface area contributed by atoms with Crippen molar-refractivity contribution in [2.75, 3.05) is 20.3 Å². The Morgan fingerprint density at radius 1 is 1.24 bits per heavy atom. The summed E-state index contributed by atoms with van der Waals surface area (Å²) in [7, 11) is 1.68. The van der Waals surface area contributed by atoms with Gasteiger partial charge in [-0.05, 0) is 44.7 Å². The van der Waals surface area contributed by atoms with Gasteiger partial charge in [0.15, 0.2) is 0 Å². The molecule has 154 valence electrons. The van der Waals surface area contributed by atoms with Crippen LogP contribution in [-0.4, -0.2) is 51.4 Å². The fourth-order valence-corrected chi connectivity index (χ4v) is 4.30. The summed E-state index contributed by atoms with van der Waals surface area (Å²) >= 11 is 0. The Morgan fingerprint density at radius 3 is 2.69 bits per heavy atom. The van der Waals surface area contributed by atoms with E-state index in [4.69, 9.17) is 20.2 Å². The average Bonchev–Trinajstić information content (AvgIpc) is 3.35. The number of hydrogen-bond acceptors (Lipinski definition) is 5. The minimum atomic E-state index is -0.449. The summed E-state index contributed by atoms with van der Waals surface area (Å²) < 4.78 is 15.0. The maximum atomic E-state index is 12.3. The Morgan fingerprint density at radius 2 is 2.03 bits per heavy atom. The minimum absolute atomic E-state index is 0.264. The van der Waals surface area contributed by atoms with E-state index in [-0.39, 0.29) is 12.1 Å². The Bertz CT molecular complexity index is 988. The van der Waals surface area contributed by atoms with E-state index in [2.05, 4.69) is 9.55 Å². The molecule has 0 atom stereocenters. The molecule has 2 aromatic heterocycles. The molecule has 8 nitrogen and oxygen atoms in total. The molecule has 1 saturated carbocycles. The number of benzene rings is 1. The molecule has 1 fully saturated rings. The maximum Gasteiger partial charge on any atom is 0.250 e. The molecule has 0 spiro atoms. The first kappa shape index (κ1) is 19.6. The van der Waals surface area contributed by atoms with E-state index >= 15 is 0 Å². The van der Waals surface area contributed by atoms with Crippen LogP contribution in [0.3, 0.4) is 0 Å². The zero-order chi connectivity index (χ0) is 20.4. The summed E-state index contributed by atoms with van der Waals surface area (Å²) in [5.41, 5.74) is 8.68. The van der Waals surface area contributed by atoms with Gasteiger partial charge in [-0.3, -0.25) is 4.79 Å². The summed E-state index contributed by atoms with van der Waals surface area (Å²) in [6.07, 6.45) is 9.41. The second-order valence-electron chi connectivity index (χ2n) is 7.52. The summed E-state index contributed by atoms with van der Waals surface area (Å²) in [6, 6.07) is 4.08. The Balaban J connectivity index is 1.65. The summed E-state index contributed by atoms with van der Waals surface area (Å²) in [5.74, 6) is 0.448. The van der Waals surface area contributed by atoms with E-state index in [0.717, 1.165) is 48.2 Å². The number of nitrogens with zero attached hydrogens (tertiary/aromatic N) is 4. The molecule has 1 amide bonds. The number of carbonyl (C=O) groups excluding carboxylic acids is 1. The monoisotopic (exact) mass is 397 g/mol. The zero-order valence-corrected chi connectivity index (χ0v) is 16.9. The SMILES string of the molecule is COCCOC1CCC(n2c(C)nc3cc(-n4ccnc4)cc(C(N)=O)c32)CC1. The molecule has 4 rings (SSSR count). The van der Waals surface area contributed by atoms with Crippen LogP contribution in [0.15, 0.2) is 30.9 Å². The number of methoxy groups -OCH3 is 1. The number of carbonyl (C=O) groups is 1. The second kappa shape index (κ2) is 8.34. The number of primary amides is 1. The van der Waals surface area contributed by atoms with Gasteiger partial charge in [-0.1, -0.05) is 0 Å². The average molecular weight is 397 g/mol. The molecule has 29 heavy (non-hydrogen) atoms. The Kier molecular flexibility index (Phi) is 5.64.